The van der Waals surface area contributed by atoms with Crippen LogP contribution in [-0.4, -0.2) is 11.8 Å². The molecule has 2 amide bonds. The van der Waals surface area contributed by atoms with Crippen LogP contribution in [0.25, 0.3) is 5.57 Å². The lowest BCUT2D eigenvalue weighted by molar-refractivity contribution is 0.0996. The van der Waals surface area contributed by atoms with Gasteiger partial charge >= 0.3 is 0 Å². The number of anilines is 1. The molecule has 0 heterocycles. The van der Waals surface area contributed by atoms with Crippen molar-refractivity contribution in [2.45, 2.75) is 19.3 Å². The molecule has 0 saturated heterocycles. The molecule has 0 aliphatic heterocycles. The molecule has 116 valence electrons. The zero-order valence-corrected chi connectivity index (χ0v) is 12.7. The van der Waals surface area contributed by atoms with E-state index in [2.05, 4.69) is 11.4 Å². The van der Waals surface area contributed by atoms with Gasteiger partial charge in [-0.05, 0) is 60.7 Å². The molecule has 0 spiro atoms. The average Bonchev–Trinajstić information content (AvgIpc) is 3.09. The molecule has 4 heteroatoms. The van der Waals surface area contributed by atoms with Gasteiger partial charge in [0.15, 0.2) is 0 Å². The molecule has 0 aromatic heterocycles. The molecule has 2 aromatic carbocycles. The fourth-order valence-electron chi connectivity index (χ4n) is 2.72. The van der Waals surface area contributed by atoms with E-state index in [9.17, 15) is 9.59 Å². The van der Waals surface area contributed by atoms with Crippen LogP contribution in [0, 0.1) is 0 Å². The van der Waals surface area contributed by atoms with Crippen molar-refractivity contribution < 1.29 is 9.59 Å². The molecular formula is C19H18N2O2. The summed E-state index contributed by atoms with van der Waals surface area (Å²) in [5, 5.41) is 2.78. The van der Waals surface area contributed by atoms with Gasteiger partial charge in [0.05, 0.1) is 0 Å². The standard InChI is InChI=1S/C19H18N2O2/c20-18(22)16-6-3-7-17(12-16)21-19(23)15-10-8-14(9-11-15)13-4-1-2-5-13/h3-4,6-12H,1-2,5H2,(H2,20,22)(H,21,23). The van der Waals surface area contributed by atoms with E-state index in [0.717, 1.165) is 12.8 Å². The lowest BCUT2D eigenvalue weighted by Crippen LogP contribution is -2.14. The lowest BCUT2D eigenvalue weighted by Gasteiger charge is -2.08. The number of carbonyl (C=O) groups excluding carboxylic acids is 2. The summed E-state index contributed by atoms with van der Waals surface area (Å²) in [6, 6.07) is 14.2. The molecule has 3 rings (SSSR count). The van der Waals surface area contributed by atoms with Crippen LogP contribution in [-0.2, 0) is 0 Å². The molecule has 4 nitrogen and oxygen atoms in total. The summed E-state index contributed by atoms with van der Waals surface area (Å²) >= 11 is 0. The third-order valence-electron chi connectivity index (χ3n) is 3.96. The van der Waals surface area contributed by atoms with Gasteiger partial charge < -0.3 is 11.1 Å². The maximum atomic E-state index is 12.3. The number of allylic oxidation sites excluding steroid dienone is 2. The van der Waals surface area contributed by atoms with Gasteiger partial charge in [-0.25, -0.2) is 0 Å². The second-order valence-electron chi connectivity index (χ2n) is 5.60. The molecule has 1 aliphatic carbocycles. The Kier molecular flexibility index (Phi) is 4.24. The monoisotopic (exact) mass is 306 g/mol. The Balaban J connectivity index is 1.73. The number of hydrogen-bond donors (Lipinski definition) is 2. The SMILES string of the molecule is NC(=O)c1cccc(NC(=O)c2ccc(C3=CCCC3)cc2)c1. The maximum absolute atomic E-state index is 12.3. The highest BCUT2D eigenvalue weighted by Crippen LogP contribution is 2.27. The first-order valence-electron chi connectivity index (χ1n) is 7.64. The fraction of sp³-hybridized carbons (Fsp3) is 0.158. The van der Waals surface area contributed by atoms with Crippen molar-refractivity contribution in [3.8, 4) is 0 Å². The summed E-state index contributed by atoms with van der Waals surface area (Å²) in [6.45, 7) is 0. The highest BCUT2D eigenvalue weighted by molar-refractivity contribution is 6.05. The van der Waals surface area contributed by atoms with Crippen LogP contribution >= 0.6 is 0 Å². The molecule has 0 fully saturated rings. The molecule has 0 saturated carbocycles. The van der Waals surface area contributed by atoms with Crippen LogP contribution in [0.4, 0.5) is 5.69 Å². The van der Waals surface area contributed by atoms with Crippen molar-refractivity contribution in [1.82, 2.24) is 0 Å². The largest absolute Gasteiger partial charge is 0.366 e. The third-order valence-corrected chi connectivity index (χ3v) is 3.96. The number of hydrogen-bond acceptors (Lipinski definition) is 2. The second kappa shape index (κ2) is 6.48. The van der Waals surface area contributed by atoms with E-state index in [1.54, 1.807) is 24.3 Å². The summed E-state index contributed by atoms with van der Waals surface area (Å²) in [5.74, 6) is -0.728. The van der Waals surface area contributed by atoms with Gasteiger partial charge in [-0.3, -0.25) is 9.59 Å². The quantitative estimate of drug-likeness (QED) is 0.905. The predicted octanol–water partition coefficient (Wildman–Crippen LogP) is 3.61. The Morgan fingerprint density at radius 1 is 1.00 bits per heavy atom. The Bertz CT molecular complexity index is 776. The van der Waals surface area contributed by atoms with Crippen molar-refractivity contribution >= 4 is 23.1 Å². The van der Waals surface area contributed by atoms with Gasteiger partial charge in [-0.15, -0.1) is 0 Å². The minimum Gasteiger partial charge on any atom is -0.366 e. The summed E-state index contributed by atoms with van der Waals surface area (Å²) in [7, 11) is 0. The average molecular weight is 306 g/mol. The van der Waals surface area contributed by atoms with E-state index >= 15 is 0 Å². The van der Waals surface area contributed by atoms with E-state index in [-0.39, 0.29) is 5.91 Å². The van der Waals surface area contributed by atoms with Crippen molar-refractivity contribution in [3.05, 3.63) is 71.3 Å². The highest BCUT2D eigenvalue weighted by Gasteiger charge is 2.10. The minimum absolute atomic E-state index is 0.210. The molecule has 0 radical (unpaired) electrons. The molecule has 23 heavy (non-hydrogen) atoms. The number of amides is 2. The minimum atomic E-state index is -0.518. The molecule has 3 N–H and O–H groups in total. The Morgan fingerprint density at radius 2 is 1.78 bits per heavy atom. The molecule has 0 atom stereocenters. The smallest absolute Gasteiger partial charge is 0.255 e. The topological polar surface area (TPSA) is 72.2 Å². The van der Waals surface area contributed by atoms with Gasteiger partial charge in [0.25, 0.3) is 5.91 Å². The number of nitrogens with two attached hydrogens (primary N) is 1. The van der Waals surface area contributed by atoms with E-state index < -0.39 is 5.91 Å². The van der Waals surface area contributed by atoms with Gasteiger partial charge in [0.2, 0.25) is 5.91 Å². The van der Waals surface area contributed by atoms with Crippen LogP contribution in [0.1, 0.15) is 45.5 Å². The van der Waals surface area contributed by atoms with E-state index in [4.69, 9.17) is 5.73 Å². The van der Waals surface area contributed by atoms with Crippen molar-refractivity contribution in [1.29, 1.82) is 0 Å². The second-order valence-corrected chi connectivity index (χ2v) is 5.60. The summed E-state index contributed by atoms with van der Waals surface area (Å²) in [4.78, 5) is 23.5. The van der Waals surface area contributed by atoms with E-state index in [1.807, 2.05) is 24.3 Å². The Morgan fingerprint density at radius 3 is 2.43 bits per heavy atom. The first-order chi connectivity index (χ1) is 11.1. The molecule has 1 aliphatic rings. The van der Waals surface area contributed by atoms with E-state index in [0.29, 0.717) is 16.8 Å². The highest BCUT2D eigenvalue weighted by atomic mass is 16.2. The Hall–Kier alpha value is -2.88. The van der Waals surface area contributed by atoms with Crippen molar-refractivity contribution in [2.75, 3.05) is 5.32 Å². The first-order valence-corrected chi connectivity index (χ1v) is 7.64. The summed E-state index contributed by atoms with van der Waals surface area (Å²) < 4.78 is 0. The number of carbonyl (C=O) groups is 2. The van der Waals surface area contributed by atoms with Crippen molar-refractivity contribution in [3.63, 3.8) is 0 Å². The maximum Gasteiger partial charge on any atom is 0.255 e. The van der Waals surface area contributed by atoms with E-state index in [1.165, 1.54) is 17.6 Å². The van der Waals surface area contributed by atoms with Crippen LogP contribution < -0.4 is 11.1 Å². The zero-order valence-electron chi connectivity index (χ0n) is 12.7. The normalized spacial score (nSPS) is 13.5. The zero-order chi connectivity index (χ0) is 16.2. The number of rotatable bonds is 4. The lowest BCUT2D eigenvalue weighted by atomic mass is 10.0. The third kappa shape index (κ3) is 3.48. The predicted molar refractivity (Wildman–Crippen MR) is 91.2 cm³/mol. The Labute approximate surface area is 135 Å². The summed E-state index contributed by atoms with van der Waals surface area (Å²) in [5.41, 5.74) is 9.27. The van der Waals surface area contributed by atoms with Gasteiger partial charge in [-0.1, -0.05) is 24.3 Å². The molecule has 0 unspecified atom stereocenters. The van der Waals surface area contributed by atoms with Gasteiger partial charge in [0, 0.05) is 16.8 Å². The molecule has 0 bridgehead atoms. The fourth-order valence-corrected chi connectivity index (χ4v) is 2.72. The van der Waals surface area contributed by atoms with Crippen LogP contribution in [0.3, 0.4) is 0 Å². The number of primary amides is 1. The van der Waals surface area contributed by atoms with Crippen molar-refractivity contribution in [2.24, 2.45) is 5.73 Å². The van der Waals surface area contributed by atoms with Crippen LogP contribution in [0.15, 0.2) is 54.6 Å². The van der Waals surface area contributed by atoms with Gasteiger partial charge in [-0.2, -0.15) is 0 Å². The van der Waals surface area contributed by atoms with Crippen LogP contribution in [0.2, 0.25) is 0 Å². The van der Waals surface area contributed by atoms with Crippen LogP contribution in [0.5, 0.6) is 0 Å². The first kappa shape index (κ1) is 15.0. The summed E-state index contributed by atoms with van der Waals surface area (Å²) in [6.07, 6.45) is 5.69. The molecule has 2 aromatic rings. The number of benzene rings is 2. The molecular weight excluding hydrogens is 288 g/mol. The van der Waals surface area contributed by atoms with Gasteiger partial charge in [0.1, 0.15) is 0 Å². The number of nitrogens with one attached hydrogen (secondary N) is 1.